The van der Waals surface area contributed by atoms with Gasteiger partial charge in [-0.05, 0) is 9.13 Å². The predicted molar refractivity (Wildman–Crippen MR) is 38.3 cm³/mol. The van der Waals surface area contributed by atoms with Gasteiger partial charge in [0.1, 0.15) is 0 Å². The van der Waals surface area contributed by atoms with E-state index in [2.05, 4.69) is 0 Å². The fraction of sp³-hybridized carbons (Fsp3) is 1.00. The summed E-state index contributed by atoms with van der Waals surface area (Å²) in [4.78, 5) is 16.9. The Morgan fingerprint density at radius 3 is 1.73 bits per heavy atom. The molecule has 8 heteroatoms. The molecule has 6 nitrogen and oxygen atoms in total. The van der Waals surface area contributed by atoms with Gasteiger partial charge in [-0.2, -0.15) is 9.79 Å². The summed E-state index contributed by atoms with van der Waals surface area (Å²) in [5, 5.41) is 6.57. The molecule has 0 fully saturated rings. The van der Waals surface area contributed by atoms with Crippen LogP contribution in [0.1, 0.15) is 6.42 Å². The predicted octanol–water partition coefficient (Wildman–Crippen LogP) is -0.549. The van der Waals surface area contributed by atoms with E-state index in [1.165, 1.54) is 0 Å². The van der Waals surface area contributed by atoms with Crippen LogP contribution in [0.25, 0.3) is 0 Å². The zero-order valence-electron chi connectivity index (χ0n) is 5.54. The highest BCUT2D eigenvalue weighted by Gasteiger charge is 2.65. The van der Waals surface area contributed by atoms with Crippen molar-refractivity contribution in [2.45, 2.75) is 11.5 Å². The average Bonchev–Trinajstić information content (AvgIpc) is 1.87. The molecule has 0 spiro atoms. The first-order valence-electron chi connectivity index (χ1n) is 2.70. The fourth-order valence-electron chi connectivity index (χ4n) is 0.458. The van der Waals surface area contributed by atoms with Gasteiger partial charge < -0.3 is 10.8 Å². The summed E-state index contributed by atoms with van der Waals surface area (Å²) in [5.74, 6) is 0. The number of rotatable bonds is 4. The lowest BCUT2D eigenvalue weighted by Crippen LogP contribution is -2.23. The fourth-order valence-corrected chi connectivity index (χ4v) is 1.68. The summed E-state index contributed by atoms with van der Waals surface area (Å²) in [6.07, 6.45) is -0.371. The summed E-state index contributed by atoms with van der Waals surface area (Å²) in [5.41, 5.74) is 4.95. The maximum atomic E-state index is 10.4. The van der Waals surface area contributed by atoms with Crippen molar-refractivity contribution in [1.82, 2.24) is 0 Å². The van der Waals surface area contributed by atoms with E-state index in [4.69, 9.17) is 20.6 Å². The first-order chi connectivity index (χ1) is 4.95. The van der Waals surface area contributed by atoms with Crippen molar-refractivity contribution in [3.8, 4) is 0 Å². The molecule has 0 aromatic rings. The largest absolute Gasteiger partial charge is 0.600 e. The third kappa shape index (κ3) is 2.52. The lowest BCUT2D eigenvalue weighted by Gasteiger charge is -1.97. The standard InChI is InChI=1S/C3H7NO5P2/c4-2-1-3(5,10(6)7)11(8)9/h5H,1-2,4H2/p+2. The summed E-state index contributed by atoms with van der Waals surface area (Å²) in [7, 11) is -6.20. The summed E-state index contributed by atoms with van der Waals surface area (Å²) < 4.78 is 20.7. The summed E-state index contributed by atoms with van der Waals surface area (Å²) in [6, 6.07) is 0. The van der Waals surface area contributed by atoms with E-state index >= 15 is 0 Å². The highest BCUT2D eigenvalue weighted by molar-refractivity contribution is 7.59. The third-order valence-corrected chi connectivity index (χ3v) is 3.79. The van der Waals surface area contributed by atoms with Gasteiger partial charge in [-0.3, -0.25) is 0 Å². The molecule has 0 aromatic heterocycles. The Balaban J connectivity index is 4.52. The minimum atomic E-state index is -3.10. The van der Waals surface area contributed by atoms with E-state index in [1.807, 2.05) is 0 Å². The van der Waals surface area contributed by atoms with Crippen LogP contribution in [0.2, 0.25) is 0 Å². The molecule has 5 N–H and O–H groups in total. The van der Waals surface area contributed by atoms with Crippen molar-refractivity contribution in [2.75, 3.05) is 6.54 Å². The zero-order chi connectivity index (χ0) is 9.07. The summed E-state index contributed by atoms with van der Waals surface area (Å²) >= 11 is 0. The molecule has 0 bridgehead atoms. The van der Waals surface area contributed by atoms with Crippen molar-refractivity contribution in [3.05, 3.63) is 0 Å². The molecule has 0 saturated carbocycles. The highest BCUT2D eigenvalue weighted by Crippen LogP contribution is 2.51. The molecule has 0 aliphatic heterocycles. The molecule has 0 aliphatic rings. The smallest absolute Gasteiger partial charge is 0.330 e. The van der Waals surface area contributed by atoms with Crippen LogP contribution in [-0.2, 0) is 9.13 Å². The van der Waals surface area contributed by atoms with E-state index in [1.54, 1.807) is 0 Å². The van der Waals surface area contributed by atoms with Crippen molar-refractivity contribution in [3.63, 3.8) is 0 Å². The number of aliphatic hydroxyl groups is 1. The normalized spacial score (nSPS) is 18.9. The minimum absolute atomic E-state index is 0.125. The Labute approximate surface area is 64.8 Å². The van der Waals surface area contributed by atoms with E-state index in [0.717, 1.165) is 0 Å². The number of hydrogen-bond donors (Lipinski definition) is 4. The SMILES string of the molecule is NCCC(O)([P+](=O)O)[P+](=O)O. The monoisotopic (exact) mass is 201 g/mol. The topological polar surface area (TPSA) is 121 Å². The maximum Gasteiger partial charge on any atom is 0.600 e. The van der Waals surface area contributed by atoms with Gasteiger partial charge in [-0.1, -0.05) is 0 Å². The molecule has 2 unspecified atom stereocenters. The Morgan fingerprint density at radius 1 is 1.27 bits per heavy atom. The first-order valence-corrected chi connectivity index (χ1v) is 5.12. The van der Waals surface area contributed by atoms with Gasteiger partial charge >= 0.3 is 21.1 Å². The minimum Gasteiger partial charge on any atom is -0.330 e. The van der Waals surface area contributed by atoms with Gasteiger partial charge in [-0.15, -0.1) is 0 Å². The maximum absolute atomic E-state index is 10.4. The van der Waals surface area contributed by atoms with Crippen LogP contribution in [0.15, 0.2) is 0 Å². The van der Waals surface area contributed by atoms with Crippen molar-refractivity contribution in [2.24, 2.45) is 5.73 Å². The van der Waals surface area contributed by atoms with E-state index in [0.29, 0.717) is 0 Å². The molecule has 11 heavy (non-hydrogen) atoms. The van der Waals surface area contributed by atoms with Crippen LogP contribution in [0, 0.1) is 0 Å². The van der Waals surface area contributed by atoms with Crippen LogP contribution >= 0.6 is 16.1 Å². The second-order valence-corrected chi connectivity index (χ2v) is 4.78. The van der Waals surface area contributed by atoms with Crippen LogP contribution in [0.3, 0.4) is 0 Å². The molecule has 0 aromatic carbocycles. The van der Waals surface area contributed by atoms with E-state index < -0.39 is 21.1 Å². The van der Waals surface area contributed by atoms with Gasteiger partial charge in [0.15, 0.2) is 0 Å². The Bertz CT molecular complexity index is 169. The molecule has 0 radical (unpaired) electrons. The lowest BCUT2D eigenvalue weighted by atomic mass is 10.5. The van der Waals surface area contributed by atoms with Crippen LogP contribution in [0.5, 0.6) is 0 Å². The van der Waals surface area contributed by atoms with Crippen molar-refractivity contribution in [1.29, 1.82) is 0 Å². The van der Waals surface area contributed by atoms with Gasteiger partial charge in [0.05, 0.1) is 6.42 Å². The summed E-state index contributed by atoms with van der Waals surface area (Å²) in [6.45, 7) is -0.125. The number of hydrogen-bond acceptors (Lipinski definition) is 4. The highest BCUT2D eigenvalue weighted by atomic mass is 31.2. The molecule has 0 amide bonds. The molecule has 0 heterocycles. The Morgan fingerprint density at radius 2 is 1.64 bits per heavy atom. The van der Waals surface area contributed by atoms with Gasteiger partial charge in [0.2, 0.25) is 0 Å². The quantitative estimate of drug-likeness (QED) is 0.453. The molecule has 0 rings (SSSR count). The first kappa shape index (κ1) is 11.0. The van der Waals surface area contributed by atoms with Gasteiger partial charge in [0, 0.05) is 6.54 Å². The molecule has 0 aliphatic carbocycles. The van der Waals surface area contributed by atoms with Crippen LogP contribution in [-0.4, -0.2) is 26.5 Å². The van der Waals surface area contributed by atoms with Crippen LogP contribution < -0.4 is 5.73 Å². The van der Waals surface area contributed by atoms with Gasteiger partial charge in [0.25, 0.3) is 0 Å². The van der Waals surface area contributed by atoms with Gasteiger partial charge in [-0.25, -0.2) is 0 Å². The van der Waals surface area contributed by atoms with Crippen molar-refractivity contribution >= 4 is 16.1 Å². The third-order valence-electron chi connectivity index (χ3n) is 1.09. The second kappa shape index (κ2) is 4.16. The zero-order valence-corrected chi connectivity index (χ0v) is 7.33. The van der Waals surface area contributed by atoms with Crippen molar-refractivity contribution < 1.29 is 24.0 Å². The molecule has 64 valence electrons. The second-order valence-electron chi connectivity index (χ2n) is 1.86. The lowest BCUT2D eigenvalue weighted by molar-refractivity contribution is 0.176. The Hall–Kier alpha value is 0.0400. The van der Waals surface area contributed by atoms with Crippen LogP contribution in [0.4, 0.5) is 0 Å². The number of nitrogens with two attached hydrogens (primary N) is 1. The van der Waals surface area contributed by atoms with E-state index in [-0.39, 0.29) is 13.0 Å². The van der Waals surface area contributed by atoms with E-state index in [9.17, 15) is 9.13 Å². The Kier molecular flexibility index (Phi) is 4.18. The molecular formula is C3H9NO5P2+2. The molecule has 2 atom stereocenters. The average molecular weight is 201 g/mol. The molecule has 0 saturated heterocycles. The molecular weight excluding hydrogens is 192 g/mol.